The van der Waals surface area contributed by atoms with Crippen LogP contribution in [0.15, 0.2) is 12.1 Å². The number of ether oxygens (including phenoxy) is 2. The number of nitrogens with zero attached hydrogens (tertiary/aromatic N) is 2. The predicted molar refractivity (Wildman–Crippen MR) is 45.4 cm³/mol. The highest BCUT2D eigenvalue weighted by Gasteiger charge is 2.08. The maximum atomic E-state index is 9.42. The van der Waals surface area contributed by atoms with Crippen LogP contribution in [-0.2, 0) is 4.74 Å². The van der Waals surface area contributed by atoms with E-state index in [0.717, 1.165) is 0 Å². The summed E-state index contributed by atoms with van der Waals surface area (Å²) in [7, 11) is 3.02. The molecule has 0 radical (unpaired) electrons. The minimum atomic E-state index is -0.733. The van der Waals surface area contributed by atoms with Gasteiger partial charge in [-0.2, -0.15) is 0 Å². The largest absolute Gasteiger partial charge is 0.480 e. The lowest BCUT2D eigenvalue weighted by molar-refractivity contribution is 0.0610. The van der Waals surface area contributed by atoms with E-state index in [4.69, 9.17) is 9.47 Å². The van der Waals surface area contributed by atoms with Gasteiger partial charge in [0.25, 0.3) is 0 Å². The highest BCUT2D eigenvalue weighted by atomic mass is 16.5. The molecule has 0 saturated carbocycles. The molecular weight excluding hydrogens is 172 g/mol. The monoisotopic (exact) mass is 184 g/mol. The molecular formula is C8H12N2O3. The van der Waals surface area contributed by atoms with Gasteiger partial charge in [-0.05, 0) is 6.07 Å². The molecule has 0 amide bonds. The zero-order valence-corrected chi connectivity index (χ0v) is 7.60. The molecule has 1 heterocycles. The predicted octanol–water partition coefficient (Wildman–Crippen LogP) is 0.165. The number of aromatic nitrogens is 2. The van der Waals surface area contributed by atoms with Crippen LogP contribution in [0.4, 0.5) is 0 Å². The first-order valence-corrected chi connectivity index (χ1v) is 3.82. The van der Waals surface area contributed by atoms with Gasteiger partial charge in [-0.3, -0.25) is 0 Å². The number of hydrogen-bond donors (Lipinski definition) is 1. The third-order valence-corrected chi connectivity index (χ3v) is 1.54. The normalized spacial score (nSPS) is 12.5. The third kappa shape index (κ3) is 2.64. The summed E-state index contributed by atoms with van der Waals surface area (Å²) < 4.78 is 9.59. The molecule has 0 aliphatic rings. The third-order valence-electron chi connectivity index (χ3n) is 1.54. The molecule has 0 aromatic carbocycles. The fourth-order valence-electron chi connectivity index (χ4n) is 0.860. The Morgan fingerprint density at radius 2 is 2.15 bits per heavy atom. The summed E-state index contributed by atoms with van der Waals surface area (Å²) in [6.07, 6.45) is -0.733. The van der Waals surface area contributed by atoms with Crippen LogP contribution in [0.25, 0.3) is 0 Å². The van der Waals surface area contributed by atoms with Gasteiger partial charge in [-0.25, -0.2) is 0 Å². The fraction of sp³-hybridized carbons (Fsp3) is 0.500. The Balaban J connectivity index is 2.67. The van der Waals surface area contributed by atoms with Gasteiger partial charge in [-0.1, -0.05) is 0 Å². The lowest BCUT2D eigenvalue weighted by Crippen LogP contribution is -2.08. The first kappa shape index (κ1) is 9.88. The lowest BCUT2D eigenvalue weighted by atomic mass is 10.2. The smallest absolute Gasteiger partial charge is 0.233 e. The molecule has 0 saturated heterocycles. The molecule has 1 unspecified atom stereocenters. The van der Waals surface area contributed by atoms with Crippen molar-refractivity contribution in [1.29, 1.82) is 0 Å². The zero-order chi connectivity index (χ0) is 9.68. The average Bonchev–Trinajstić information content (AvgIpc) is 2.18. The molecule has 13 heavy (non-hydrogen) atoms. The van der Waals surface area contributed by atoms with Gasteiger partial charge in [-0.15, -0.1) is 10.2 Å². The van der Waals surface area contributed by atoms with Gasteiger partial charge in [0, 0.05) is 13.2 Å². The first-order chi connectivity index (χ1) is 6.27. The summed E-state index contributed by atoms with van der Waals surface area (Å²) in [5.74, 6) is 0.424. The van der Waals surface area contributed by atoms with Crippen molar-refractivity contribution in [3.05, 3.63) is 17.8 Å². The van der Waals surface area contributed by atoms with Gasteiger partial charge in [0.15, 0.2) is 0 Å². The van der Waals surface area contributed by atoms with Crippen molar-refractivity contribution in [3.63, 3.8) is 0 Å². The van der Waals surface area contributed by atoms with E-state index in [1.54, 1.807) is 12.1 Å². The van der Waals surface area contributed by atoms with E-state index in [-0.39, 0.29) is 6.61 Å². The number of hydrogen-bond acceptors (Lipinski definition) is 5. The molecule has 0 fully saturated rings. The number of methoxy groups -OCH3 is 2. The second-order valence-corrected chi connectivity index (χ2v) is 2.47. The van der Waals surface area contributed by atoms with Gasteiger partial charge in [0.05, 0.1) is 19.4 Å². The van der Waals surface area contributed by atoms with Crippen LogP contribution in [0.2, 0.25) is 0 Å². The van der Waals surface area contributed by atoms with Crippen molar-refractivity contribution in [2.45, 2.75) is 6.10 Å². The Morgan fingerprint density at radius 3 is 2.62 bits per heavy atom. The minimum Gasteiger partial charge on any atom is -0.480 e. The van der Waals surface area contributed by atoms with E-state index in [1.165, 1.54) is 14.2 Å². The summed E-state index contributed by atoms with van der Waals surface area (Å²) in [5, 5.41) is 16.9. The van der Waals surface area contributed by atoms with Crippen molar-refractivity contribution in [1.82, 2.24) is 10.2 Å². The second kappa shape index (κ2) is 4.74. The molecule has 0 aliphatic carbocycles. The first-order valence-electron chi connectivity index (χ1n) is 3.82. The topological polar surface area (TPSA) is 64.5 Å². The Kier molecular flexibility index (Phi) is 3.60. The Morgan fingerprint density at radius 1 is 1.38 bits per heavy atom. The van der Waals surface area contributed by atoms with E-state index in [0.29, 0.717) is 11.6 Å². The summed E-state index contributed by atoms with van der Waals surface area (Å²) in [6, 6.07) is 3.29. The van der Waals surface area contributed by atoms with E-state index < -0.39 is 6.10 Å². The molecule has 5 nitrogen and oxygen atoms in total. The fourth-order valence-corrected chi connectivity index (χ4v) is 0.860. The van der Waals surface area contributed by atoms with Crippen LogP contribution in [0.1, 0.15) is 11.8 Å². The van der Waals surface area contributed by atoms with Crippen molar-refractivity contribution >= 4 is 0 Å². The zero-order valence-electron chi connectivity index (χ0n) is 7.60. The van der Waals surface area contributed by atoms with Crippen molar-refractivity contribution < 1.29 is 14.6 Å². The van der Waals surface area contributed by atoms with Gasteiger partial charge >= 0.3 is 0 Å². The summed E-state index contributed by atoms with van der Waals surface area (Å²) in [5.41, 5.74) is 0.475. The maximum absolute atomic E-state index is 9.42. The Labute approximate surface area is 76.3 Å². The Hall–Kier alpha value is -1.20. The molecule has 5 heteroatoms. The molecule has 0 bridgehead atoms. The van der Waals surface area contributed by atoms with Gasteiger partial charge < -0.3 is 14.6 Å². The number of rotatable bonds is 4. The SMILES string of the molecule is COCC(O)c1ccc(OC)nn1. The molecule has 0 aliphatic heterocycles. The quantitative estimate of drug-likeness (QED) is 0.722. The standard InChI is InChI=1S/C8H12N2O3/c1-12-5-7(11)6-3-4-8(13-2)10-9-6/h3-4,7,11H,5H2,1-2H3. The summed E-state index contributed by atoms with van der Waals surface area (Å²) in [4.78, 5) is 0. The highest BCUT2D eigenvalue weighted by Crippen LogP contribution is 2.11. The van der Waals surface area contributed by atoms with Crippen LogP contribution < -0.4 is 4.74 Å². The molecule has 1 N–H and O–H groups in total. The summed E-state index contributed by atoms with van der Waals surface area (Å²) in [6.45, 7) is 0.209. The van der Waals surface area contributed by atoms with Crippen molar-refractivity contribution in [2.75, 3.05) is 20.8 Å². The lowest BCUT2D eigenvalue weighted by Gasteiger charge is -2.07. The average molecular weight is 184 g/mol. The van der Waals surface area contributed by atoms with Gasteiger partial charge in [0.1, 0.15) is 6.10 Å². The van der Waals surface area contributed by atoms with Crippen LogP contribution >= 0.6 is 0 Å². The van der Waals surface area contributed by atoms with Gasteiger partial charge in [0.2, 0.25) is 5.88 Å². The Bertz CT molecular complexity index is 250. The van der Waals surface area contributed by atoms with E-state index in [9.17, 15) is 5.11 Å². The minimum absolute atomic E-state index is 0.209. The van der Waals surface area contributed by atoms with Crippen LogP contribution in [-0.4, -0.2) is 36.1 Å². The van der Waals surface area contributed by atoms with Crippen LogP contribution in [0, 0.1) is 0 Å². The molecule has 1 rings (SSSR count). The molecule has 72 valence electrons. The van der Waals surface area contributed by atoms with E-state index >= 15 is 0 Å². The summed E-state index contributed by atoms with van der Waals surface area (Å²) >= 11 is 0. The molecule has 1 aromatic heterocycles. The maximum Gasteiger partial charge on any atom is 0.233 e. The highest BCUT2D eigenvalue weighted by molar-refractivity contribution is 5.12. The molecule has 1 aromatic rings. The van der Waals surface area contributed by atoms with Crippen molar-refractivity contribution in [2.24, 2.45) is 0 Å². The second-order valence-electron chi connectivity index (χ2n) is 2.47. The number of aliphatic hydroxyl groups is 1. The van der Waals surface area contributed by atoms with Crippen molar-refractivity contribution in [3.8, 4) is 5.88 Å². The van der Waals surface area contributed by atoms with E-state index in [2.05, 4.69) is 10.2 Å². The molecule has 1 atom stereocenters. The molecule has 0 spiro atoms. The van der Waals surface area contributed by atoms with E-state index in [1.807, 2.05) is 0 Å². The van der Waals surface area contributed by atoms with Crippen LogP contribution in [0.3, 0.4) is 0 Å². The van der Waals surface area contributed by atoms with Crippen LogP contribution in [0.5, 0.6) is 5.88 Å². The number of aliphatic hydroxyl groups excluding tert-OH is 1.